The van der Waals surface area contributed by atoms with Crippen molar-refractivity contribution in [3.8, 4) is 0 Å². The zero-order chi connectivity index (χ0) is 21.1. The number of amides is 3. The third kappa shape index (κ3) is 4.69. The summed E-state index contributed by atoms with van der Waals surface area (Å²) in [4.78, 5) is 36.6. The van der Waals surface area contributed by atoms with Crippen molar-refractivity contribution in [2.45, 2.75) is 18.9 Å². The number of benzene rings is 2. The van der Waals surface area contributed by atoms with Crippen LogP contribution in [-0.4, -0.2) is 23.8 Å². The molecule has 30 heavy (non-hydrogen) atoms. The summed E-state index contributed by atoms with van der Waals surface area (Å²) in [6, 6.07) is 14.6. The molecule has 0 bridgehead atoms. The molecular weight excluding hydrogens is 406 g/mol. The highest BCUT2D eigenvalue weighted by Crippen LogP contribution is 2.24. The van der Waals surface area contributed by atoms with Gasteiger partial charge in [0.15, 0.2) is 5.76 Å². The predicted octanol–water partition coefficient (Wildman–Crippen LogP) is 4.33. The monoisotopic (exact) mass is 423 g/mol. The molecule has 0 radical (unpaired) electrons. The van der Waals surface area contributed by atoms with Crippen LogP contribution in [0.25, 0.3) is 0 Å². The van der Waals surface area contributed by atoms with Crippen LogP contribution in [0, 0.1) is 0 Å². The third-order valence-corrected chi connectivity index (χ3v) is 4.85. The Bertz CT molecular complexity index is 1090. The third-order valence-electron chi connectivity index (χ3n) is 4.53. The van der Waals surface area contributed by atoms with E-state index in [1.54, 1.807) is 54.6 Å². The number of furan rings is 1. The maximum Gasteiger partial charge on any atom is 0.291 e. The zero-order valence-corrected chi connectivity index (χ0v) is 16.5. The van der Waals surface area contributed by atoms with Gasteiger partial charge in [0, 0.05) is 23.0 Å². The van der Waals surface area contributed by atoms with E-state index in [-0.39, 0.29) is 34.5 Å². The first kappa shape index (κ1) is 19.7. The van der Waals surface area contributed by atoms with E-state index >= 15 is 0 Å². The van der Waals surface area contributed by atoms with Crippen LogP contribution in [0.15, 0.2) is 65.3 Å². The fourth-order valence-corrected chi connectivity index (χ4v) is 3.04. The summed E-state index contributed by atoms with van der Waals surface area (Å²) in [7, 11) is 0. The number of carbonyl (C=O) groups excluding carboxylic acids is 3. The Morgan fingerprint density at radius 1 is 0.867 bits per heavy atom. The molecule has 0 spiro atoms. The standard InChI is InChI=1S/C22H18ClN3O4/c23-18-12-16(9-10-17(18)21(28)24-15-7-8-15)26-20(27)13-3-5-14(6-4-13)25-22(29)19-2-1-11-30-19/h1-6,9-12,15H,7-8H2,(H,24,28)(H,25,29)(H,26,27). The van der Waals surface area contributed by atoms with Crippen LogP contribution in [0.4, 0.5) is 11.4 Å². The van der Waals surface area contributed by atoms with Crippen LogP contribution < -0.4 is 16.0 Å². The van der Waals surface area contributed by atoms with Gasteiger partial charge in [-0.05, 0) is 67.4 Å². The fraction of sp³-hybridized carbons (Fsp3) is 0.136. The zero-order valence-electron chi connectivity index (χ0n) is 15.8. The van der Waals surface area contributed by atoms with E-state index in [1.165, 1.54) is 6.26 Å². The highest BCUT2D eigenvalue weighted by molar-refractivity contribution is 6.34. The van der Waals surface area contributed by atoms with Crippen molar-refractivity contribution >= 4 is 40.7 Å². The van der Waals surface area contributed by atoms with Gasteiger partial charge in [-0.3, -0.25) is 14.4 Å². The Morgan fingerprint density at radius 3 is 2.20 bits per heavy atom. The molecular formula is C22H18ClN3O4. The molecule has 1 heterocycles. The number of anilines is 2. The van der Waals surface area contributed by atoms with Gasteiger partial charge in [0.1, 0.15) is 0 Å². The van der Waals surface area contributed by atoms with E-state index in [0.29, 0.717) is 22.5 Å². The second-order valence-corrected chi connectivity index (χ2v) is 7.31. The van der Waals surface area contributed by atoms with Crippen LogP contribution in [-0.2, 0) is 0 Å². The number of carbonyl (C=O) groups is 3. The van der Waals surface area contributed by atoms with Crippen LogP contribution in [0.1, 0.15) is 44.1 Å². The number of hydrogen-bond donors (Lipinski definition) is 3. The van der Waals surface area contributed by atoms with E-state index in [1.807, 2.05) is 0 Å². The quantitative estimate of drug-likeness (QED) is 0.549. The number of rotatable bonds is 6. The van der Waals surface area contributed by atoms with Gasteiger partial charge < -0.3 is 20.4 Å². The second-order valence-electron chi connectivity index (χ2n) is 6.91. The van der Waals surface area contributed by atoms with Crippen LogP contribution in [0.5, 0.6) is 0 Å². The lowest BCUT2D eigenvalue weighted by Crippen LogP contribution is -2.25. The molecule has 7 nitrogen and oxygen atoms in total. The van der Waals surface area contributed by atoms with Gasteiger partial charge in [0.05, 0.1) is 16.8 Å². The second kappa shape index (κ2) is 8.42. The molecule has 1 fully saturated rings. The molecule has 2 aromatic carbocycles. The molecule has 1 saturated carbocycles. The Morgan fingerprint density at radius 2 is 1.57 bits per heavy atom. The van der Waals surface area contributed by atoms with E-state index in [9.17, 15) is 14.4 Å². The van der Waals surface area contributed by atoms with Crippen molar-refractivity contribution in [2.24, 2.45) is 0 Å². The van der Waals surface area contributed by atoms with Crippen molar-refractivity contribution in [3.63, 3.8) is 0 Å². The SMILES string of the molecule is O=C(Nc1ccc(C(=O)NC2CC2)c(Cl)c1)c1ccc(NC(=O)c2ccco2)cc1. The topological polar surface area (TPSA) is 100 Å². The molecule has 152 valence electrons. The van der Waals surface area contributed by atoms with Crippen LogP contribution >= 0.6 is 11.6 Å². The van der Waals surface area contributed by atoms with Crippen molar-refractivity contribution in [2.75, 3.05) is 10.6 Å². The Labute approximate surface area is 177 Å². The molecule has 0 saturated heterocycles. The van der Waals surface area contributed by atoms with Crippen molar-refractivity contribution in [1.82, 2.24) is 5.32 Å². The lowest BCUT2D eigenvalue weighted by Gasteiger charge is -2.10. The van der Waals surface area contributed by atoms with Gasteiger partial charge in [0.25, 0.3) is 17.7 Å². The highest BCUT2D eigenvalue weighted by Gasteiger charge is 2.24. The lowest BCUT2D eigenvalue weighted by molar-refractivity contribution is 0.0949. The van der Waals surface area contributed by atoms with Gasteiger partial charge in [-0.15, -0.1) is 0 Å². The largest absolute Gasteiger partial charge is 0.459 e. The van der Waals surface area contributed by atoms with E-state index in [4.69, 9.17) is 16.0 Å². The minimum atomic E-state index is -0.377. The minimum absolute atomic E-state index is 0.197. The van der Waals surface area contributed by atoms with Crippen molar-refractivity contribution in [1.29, 1.82) is 0 Å². The summed E-state index contributed by atoms with van der Waals surface area (Å²) in [5, 5.41) is 8.57. The normalized spacial score (nSPS) is 12.8. The summed E-state index contributed by atoms with van der Waals surface area (Å²) < 4.78 is 5.04. The van der Waals surface area contributed by atoms with E-state index in [2.05, 4.69) is 16.0 Å². The molecule has 8 heteroatoms. The Hall–Kier alpha value is -3.58. The van der Waals surface area contributed by atoms with Crippen LogP contribution in [0.3, 0.4) is 0 Å². The molecule has 3 amide bonds. The van der Waals surface area contributed by atoms with Gasteiger partial charge >= 0.3 is 0 Å². The average molecular weight is 424 g/mol. The van der Waals surface area contributed by atoms with E-state index < -0.39 is 0 Å². The molecule has 1 aliphatic rings. The number of nitrogens with one attached hydrogen (secondary N) is 3. The molecule has 1 aromatic heterocycles. The summed E-state index contributed by atoms with van der Waals surface area (Å²) in [5.41, 5.74) is 1.78. The summed E-state index contributed by atoms with van der Waals surface area (Å²) in [5.74, 6) is -0.738. The van der Waals surface area contributed by atoms with E-state index in [0.717, 1.165) is 12.8 Å². The van der Waals surface area contributed by atoms with Crippen LogP contribution in [0.2, 0.25) is 5.02 Å². The Balaban J connectivity index is 1.38. The molecule has 0 unspecified atom stereocenters. The molecule has 0 aliphatic heterocycles. The first-order valence-corrected chi connectivity index (χ1v) is 9.74. The highest BCUT2D eigenvalue weighted by atomic mass is 35.5. The minimum Gasteiger partial charge on any atom is -0.459 e. The maximum atomic E-state index is 12.5. The molecule has 4 rings (SSSR count). The summed E-state index contributed by atoms with van der Waals surface area (Å²) in [6.45, 7) is 0. The van der Waals surface area contributed by atoms with Gasteiger partial charge in [0.2, 0.25) is 0 Å². The summed E-state index contributed by atoms with van der Waals surface area (Å²) >= 11 is 6.21. The molecule has 1 aliphatic carbocycles. The molecule has 3 aromatic rings. The average Bonchev–Trinajstić information content (AvgIpc) is 3.36. The smallest absolute Gasteiger partial charge is 0.291 e. The van der Waals surface area contributed by atoms with Gasteiger partial charge in [-0.25, -0.2) is 0 Å². The maximum absolute atomic E-state index is 12.5. The first-order valence-electron chi connectivity index (χ1n) is 9.36. The lowest BCUT2D eigenvalue weighted by atomic mass is 10.1. The predicted molar refractivity (Wildman–Crippen MR) is 113 cm³/mol. The fourth-order valence-electron chi connectivity index (χ4n) is 2.78. The van der Waals surface area contributed by atoms with Gasteiger partial charge in [-0.1, -0.05) is 11.6 Å². The number of hydrogen-bond acceptors (Lipinski definition) is 4. The van der Waals surface area contributed by atoms with Crippen molar-refractivity contribution < 1.29 is 18.8 Å². The molecule has 0 atom stereocenters. The summed E-state index contributed by atoms with van der Waals surface area (Å²) in [6.07, 6.45) is 3.40. The number of halogens is 1. The van der Waals surface area contributed by atoms with Gasteiger partial charge in [-0.2, -0.15) is 0 Å². The Kier molecular flexibility index (Phi) is 5.54. The van der Waals surface area contributed by atoms with Crippen molar-refractivity contribution in [3.05, 3.63) is 82.8 Å². The first-order chi connectivity index (χ1) is 14.5. The molecule has 3 N–H and O–H groups in total.